The molecule has 1 aromatic heterocycles. The summed E-state index contributed by atoms with van der Waals surface area (Å²) in [6.07, 6.45) is 2.54. The Morgan fingerprint density at radius 1 is 1.00 bits per heavy atom. The fourth-order valence-corrected chi connectivity index (χ4v) is 3.90. The highest BCUT2D eigenvalue weighted by Gasteiger charge is 2.29. The van der Waals surface area contributed by atoms with Crippen LogP contribution in [0.1, 0.15) is 22.9 Å². The van der Waals surface area contributed by atoms with Crippen molar-refractivity contribution >= 4 is 29.1 Å². The van der Waals surface area contributed by atoms with Crippen LogP contribution in [0.3, 0.4) is 0 Å². The molecular weight excluding hydrogens is 402 g/mol. The molecule has 2 amide bonds. The number of hydrogen-bond acceptors (Lipinski definition) is 4. The van der Waals surface area contributed by atoms with Crippen LogP contribution in [0.5, 0.6) is 0 Å². The highest BCUT2D eigenvalue weighted by molar-refractivity contribution is 6.35. The minimum atomic E-state index is -0.699. The van der Waals surface area contributed by atoms with Crippen molar-refractivity contribution in [3.63, 3.8) is 0 Å². The van der Waals surface area contributed by atoms with Gasteiger partial charge in [-0.3, -0.25) is 9.59 Å². The van der Waals surface area contributed by atoms with Crippen LogP contribution >= 0.6 is 11.6 Å². The molecule has 1 atom stereocenters. The van der Waals surface area contributed by atoms with Gasteiger partial charge in [-0.15, -0.1) is 0 Å². The summed E-state index contributed by atoms with van der Waals surface area (Å²) in [5.74, 6) is -0.649. The van der Waals surface area contributed by atoms with E-state index in [0.29, 0.717) is 5.02 Å². The Morgan fingerprint density at radius 3 is 2.57 bits per heavy atom. The number of carbonyl (C=O) groups excluding carboxylic acids is 2. The first kappa shape index (κ1) is 20.0. The Kier molecular flexibility index (Phi) is 6.05. The molecule has 0 unspecified atom stereocenters. The molecule has 1 aliphatic rings. The molecule has 0 spiro atoms. The summed E-state index contributed by atoms with van der Waals surface area (Å²) in [4.78, 5) is 26.8. The molecule has 0 saturated carbocycles. The molecule has 0 aliphatic carbocycles. The maximum absolute atomic E-state index is 12.4. The molecule has 30 heavy (non-hydrogen) atoms. The van der Waals surface area contributed by atoms with Crippen molar-refractivity contribution in [3.05, 3.63) is 88.8 Å². The van der Waals surface area contributed by atoms with E-state index < -0.39 is 11.8 Å². The van der Waals surface area contributed by atoms with Gasteiger partial charge in [0.2, 0.25) is 0 Å². The lowest BCUT2D eigenvalue weighted by Crippen LogP contribution is -2.43. The summed E-state index contributed by atoms with van der Waals surface area (Å²) in [6, 6.07) is 18.9. The van der Waals surface area contributed by atoms with Crippen LogP contribution in [0.25, 0.3) is 0 Å². The van der Waals surface area contributed by atoms with Gasteiger partial charge in [0.1, 0.15) is 11.8 Å². The maximum atomic E-state index is 12.4. The fraction of sp³-hybridized carbons (Fsp3) is 0.217. The number of nitrogens with zero attached hydrogens (tertiary/aromatic N) is 1. The molecule has 6 nitrogen and oxygen atoms in total. The maximum Gasteiger partial charge on any atom is 0.309 e. The number of nitrogens with one attached hydrogen (secondary N) is 2. The van der Waals surface area contributed by atoms with Crippen LogP contribution in [0.15, 0.2) is 71.3 Å². The third-order valence-electron chi connectivity index (χ3n) is 5.23. The van der Waals surface area contributed by atoms with Crippen molar-refractivity contribution in [1.82, 2.24) is 10.6 Å². The molecular formula is C23H22ClN3O3. The van der Waals surface area contributed by atoms with Gasteiger partial charge in [-0.05, 0) is 41.8 Å². The van der Waals surface area contributed by atoms with Crippen molar-refractivity contribution in [2.24, 2.45) is 0 Å². The quantitative estimate of drug-likeness (QED) is 0.595. The van der Waals surface area contributed by atoms with E-state index >= 15 is 0 Å². The van der Waals surface area contributed by atoms with Crippen molar-refractivity contribution in [2.45, 2.75) is 19.0 Å². The van der Waals surface area contributed by atoms with Gasteiger partial charge < -0.3 is 20.0 Å². The molecule has 7 heteroatoms. The van der Waals surface area contributed by atoms with Crippen molar-refractivity contribution in [3.8, 4) is 0 Å². The standard InChI is InChI=1S/C23H22ClN3O3/c24-18-8-3-1-7-17(18)14-25-22(28)23(29)26-15-20(21-10-5-13-30-21)27-12-11-16-6-2-4-9-19(16)27/h1-10,13,20H,11-12,14-15H2,(H,25,28)(H,26,29)/t20-/m1/s1. The van der Waals surface area contributed by atoms with E-state index in [1.807, 2.05) is 36.4 Å². The number of amides is 2. The molecule has 1 aliphatic heterocycles. The van der Waals surface area contributed by atoms with Crippen LogP contribution in [-0.2, 0) is 22.6 Å². The summed E-state index contributed by atoms with van der Waals surface area (Å²) >= 11 is 6.09. The number of fused-ring (bicyclic) bond motifs is 1. The van der Waals surface area contributed by atoms with Gasteiger partial charge in [0.25, 0.3) is 0 Å². The second-order valence-electron chi connectivity index (χ2n) is 7.09. The van der Waals surface area contributed by atoms with Crippen LogP contribution in [0.2, 0.25) is 5.02 Å². The lowest BCUT2D eigenvalue weighted by atomic mass is 10.1. The van der Waals surface area contributed by atoms with Gasteiger partial charge >= 0.3 is 11.8 Å². The molecule has 3 aromatic rings. The molecule has 4 rings (SSSR count). The number of benzene rings is 2. The first-order valence-corrected chi connectivity index (χ1v) is 10.2. The van der Waals surface area contributed by atoms with Crippen LogP contribution in [0, 0.1) is 0 Å². The highest BCUT2D eigenvalue weighted by atomic mass is 35.5. The van der Waals surface area contributed by atoms with Crippen LogP contribution < -0.4 is 15.5 Å². The second kappa shape index (κ2) is 9.05. The average molecular weight is 424 g/mol. The molecule has 2 N–H and O–H groups in total. The number of anilines is 1. The smallest absolute Gasteiger partial charge is 0.309 e. The minimum Gasteiger partial charge on any atom is -0.467 e. The first-order valence-electron chi connectivity index (χ1n) is 9.81. The van der Waals surface area contributed by atoms with Gasteiger partial charge in [-0.2, -0.15) is 0 Å². The fourth-order valence-electron chi connectivity index (χ4n) is 3.70. The van der Waals surface area contributed by atoms with E-state index in [4.69, 9.17) is 16.0 Å². The predicted octanol–water partition coefficient (Wildman–Crippen LogP) is 3.47. The van der Waals surface area contributed by atoms with Gasteiger partial charge in [-0.1, -0.05) is 48.0 Å². The van der Waals surface area contributed by atoms with Gasteiger partial charge in [-0.25, -0.2) is 0 Å². The Bertz CT molecular complexity index is 1040. The van der Waals surface area contributed by atoms with Crippen molar-refractivity contribution < 1.29 is 14.0 Å². The Labute approximate surface area is 179 Å². The third kappa shape index (κ3) is 4.33. The monoisotopic (exact) mass is 423 g/mol. The summed E-state index contributed by atoms with van der Waals surface area (Å²) in [5.41, 5.74) is 3.14. The topological polar surface area (TPSA) is 74.6 Å². The van der Waals surface area contributed by atoms with E-state index in [1.165, 1.54) is 5.56 Å². The largest absolute Gasteiger partial charge is 0.467 e. The lowest BCUT2D eigenvalue weighted by molar-refractivity contribution is -0.139. The van der Waals surface area contributed by atoms with E-state index in [2.05, 4.69) is 27.7 Å². The van der Waals surface area contributed by atoms with Gasteiger partial charge in [0, 0.05) is 30.3 Å². The molecule has 0 saturated heterocycles. The number of para-hydroxylation sites is 1. The second-order valence-corrected chi connectivity index (χ2v) is 7.49. The van der Waals surface area contributed by atoms with Crippen molar-refractivity contribution in [1.29, 1.82) is 0 Å². The SMILES string of the molecule is O=C(NCc1ccccc1Cl)C(=O)NC[C@H](c1ccco1)N1CCc2ccccc21. The molecule has 0 fully saturated rings. The van der Waals surface area contributed by atoms with E-state index in [-0.39, 0.29) is 19.1 Å². The van der Waals surface area contributed by atoms with Crippen LogP contribution in [-0.4, -0.2) is 24.9 Å². The Hall–Kier alpha value is -3.25. The number of carbonyl (C=O) groups is 2. The minimum absolute atomic E-state index is 0.188. The zero-order valence-corrected chi connectivity index (χ0v) is 17.1. The Morgan fingerprint density at radius 2 is 1.77 bits per heavy atom. The summed E-state index contributed by atoms with van der Waals surface area (Å²) in [5, 5.41) is 5.90. The molecule has 2 heterocycles. The van der Waals surface area contributed by atoms with Gasteiger partial charge in [0.15, 0.2) is 0 Å². The normalized spacial score (nSPS) is 13.6. The van der Waals surface area contributed by atoms with Crippen LogP contribution in [0.4, 0.5) is 5.69 Å². The molecule has 2 aromatic carbocycles. The van der Waals surface area contributed by atoms with Gasteiger partial charge in [0.05, 0.1) is 6.26 Å². The Balaban J connectivity index is 1.40. The number of hydrogen-bond donors (Lipinski definition) is 2. The lowest BCUT2D eigenvalue weighted by Gasteiger charge is -2.29. The third-order valence-corrected chi connectivity index (χ3v) is 5.60. The molecule has 0 bridgehead atoms. The van der Waals surface area contributed by atoms with Crippen molar-refractivity contribution in [2.75, 3.05) is 18.0 Å². The zero-order valence-electron chi connectivity index (χ0n) is 16.3. The van der Waals surface area contributed by atoms with E-state index in [1.54, 1.807) is 18.4 Å². The van der Waals surface area contributed by atoms with E-state index in [9.17, 15) is 9.59 Å². The first-order chi connectivity index (χ1) is 14.6. The average Bonchev–Trinajstić information content (AvgIpc) is 3.44. The molecule has 0 radical (unpaired) electrons. The molecule has 154 valence electrons. The summed E-state index contributed by atoms with van der Waals surface area (Å²) in [7, 11) is 0. The summed E-state index contributed by atoms with van der Waals surface area (Å²) < 4.78 is 5.63. The number of halogens is 1. The number of rotatable bonds is 6. The predicted molar refractivity (Wildman–Crippen MR) is 115 cm³/mol. The highest BCUT2D eigenvalue weighted by Crippen LogP contribution is 2.34. The van der Waals surface area contributed by atoms with E-state index in [0.717, 1.165) is 30.0 Å². The summed E-state index contributed by atoms with van der Waals surface area (Å²) in [6.45, 7) is 1.26. The zero-order chi connectivity index (χ0) is 20.9. The number of furan rings is 1.